The van der Waals surface area contributed by atoms with E-state index < -0.39 is 11.9 Å². The van der Waals surface area contributed by atoms with Crippen LogP contribution >= 0.6 is 0 Å². The van der Waals surface area contributed by atoms with Crippen molar-refractivity contribution < 1.29 is 54.7 Å². The number of aromatic hydroxyl groups is 2. The van der Waals surface area contributed by atoms with Crippen LogP contribution in [-0.4, -0.2) is 27.5 Å². The molecule has 10 aromatic rings. The predicted octanol–water partition coefficient (Wildman–Crippen LogP) is 20.9. The van der Waals surface area contributed by atoms with Gasteiger partial charge in [0.2, 0.25) is 0 Å². The Labute approximate surface area is 504 Å². The number of rotatable bonds is 13. The van der Waals surface area contributed by atoms with Gasteiger partial charge in [0.05, 0.1) is 12.2 Å². The van der Waals surface area contributed by atoms with E-state index in [1.165, 1.54) is 18.2 Å². The SMILES string of the molecule is C[C@H](O)C[C@@H](C)Oc1ccc(F)cc1-c1cc(C(C)(C)CC(C)(C)C)cc(-c2c3ccccc3cc3ccccc23)c1O.Cc1ccc(F)cc1-c1cc(CC(C)(C)CC(C)(C)C)cc(-c2c3ccccc3cc3ccccc23)c1O.[Sc]. The third kappa shape index (κ3) is 13.9. The molecule has 0 amide bonds. The van der Waals surface area contributed by atoms with Crippen molar-refractivity contribution in [1.29, 1.82) is 0 Å². The fourth-order valence-corrected chi connectivity index (χ4v) is 13.1. The third-order valence-corrected chi connectivity index (χ3v) is 15.5. The molecule has 0 saturated heterocycles. The van der Waals surface area contributed by atoms with Crippen molar-refractivity contribution in [3.63, 3.8) is 0 Å². The molecule has 4 nitrogen and oxygen atoms in total. The second kappa shape index (κ2) is 24.3. The van der Waals surface area contributed by atoms with E-state index in [1.54, 1.807) is 25.1 Å². The Kier molecular flexibility index (Phi) is 18.2. The van der Waals surface area contributed by atoms with Crippen LogP contribution in [0, 0.1) is 34.8 Å². The van der Waals surface area contributed by atoms with Crippen molar-refractivity contribution in [1.82, 2.24) is 0 Å². The monoisotopic (exact) mass is 1130 g/mol. The maximum atomic E-state index is 14.9. The number of fused-ring (bicyclic) bond motifs is 4. The molecule has 0 aromatic heterocycles. The molecule has 421 valence electrons. The predicted molar refractivity (Wildman–Crippen MR) is 338 cm³/mol. The topological polar surface area (TPSA) is 69.9 Å². The van der Waals surface area contributed by atoms with E-state index in [9.17, 15) is 24.1 Å². The van der Waals surface area contributed by atoms with Crippen LogP contribution in [0.25, 0.3) is 87.6 Å². The van der Waals surface area contributed by atoms with E-state index in [-0.39, 0.29) is 70.9 Å². The zero-order valence-electron chi connectivity index (χ0n) is 50.2. The number of benzene rings is 10. The normalized spacial score (nSPS) is 13.0. The van der Waals surface area contributed by atoms with Gasteiger partial charge in [-0.25, -0.2) is 8.78 Å². The summed E-state index contributed by atoms with van der Waals surface area (Å²) in [4.78, 5) is 0. The summed E-state index contributed by atoms with van der Waals surface area (Å²) in [5.41, 5.74) is 9.01. The van der Waals surface area contributed by atoms with Gasteiger partial charge in [0, 0.05) is 71.2 Å². The van der Waals surface area contributed by atoms with Crippen LogP contribution in [0.15, 0.2) is 170 Å². The molecule has 0 heterocycles. The quantitative estimate of drug-likeness (QED) is 0.101. The first-order valence-electron chi connectivity index (χ1n) is 28.6. The molecule has 0 aliphatic heterocycles. The van der Waals surface area contributed by atoms with E-state index in [0.29, 0.717) is 34.4 Å². The zero-order chi connectivity index (χ0) is 58.3. The number of hydrogen-bond acceptors (Lipinski definition) is 4. The van der Waals surface area contributed by atoms with Crippen LogP contribution in [-0.2, 0) is 37.7 Å². The molecule has 1 radical (unpaired) electrons. The fourth-order valence-electron chi connectivity index (χ4n) is 13.1. The first-order valence-corrected chi connectivity index (χ1v) is 28.6. The summed E-state index contributed by atoms with van der Waals surface area (Å²) in [5.74, 6) is 0.0134. The standard InChI is InChI=1S/C39H43FO3.C36H37FO.Sc/c1-24(41)18-25(2)43-35-17-16-29(40)22-32(35)33-20-28(39(6,7)23-38(3,4)5)21-34(37(33)42)36-30-14-10-8-12-26(30)19-27-13-9-11-15-31(27)36;1-23-15-16-27(37)20-30(23)31-17-24(21-36(5,6)22-35(2,3)4)18-32(34(31)38)33-28-13-9-7-11-25(28)19-26-12-8-10-14-29(26)33;/h8-17,19-22,24-25,41-42H,18,23H2,1-7H3;7-20,38H,21-22H2,1-6H3;/t24-,25+;;/m0../s1. The number of aliphatic hydroxyl groups is 1. The van der Waals surface area contributed by atoms with E-state index in [0.717, 1.165) is 101 Å². The molecule has 10 rings (SSSR count). The molecule has 82 heavy (non-hydrogen) atoms. The van der Waals surface area contributed by atoms with Gasteiger partial charge in [-0.3, -0.25) is 0 Å². The van der Waals surface area contributed by atoms with Crippen LogP contribution in [0.3, 0.4) is 0 Å². The van der Waals surface area contributed by atoms with E-state index in [1.807, 2.05) is 68.4 Å². The number of halogens is 2. The fraction of sp³-hybridized carbons (Fsp3) is 0.307. The number of hydrogen-bond donors (Lipinski definition) is 3. The van der Waals surface area contributed by atoms with Gasteiger partial charge in [-0.05, 0) is 194 Å². The van der Waals surface area contributed by atoms with Gasteiger partial charge in [-0.15, -0.1) is 0 Å². The molecule has 0 saturated carbocycles. The molecule has 0 unspecified atom stereocenters. The minimum atomic E-state index is -0.542. The summed E-state index contributed by atoms with van der Waals surface area (Å²) in [6.45, 7) is 28.2. The van der Waals surface area contributed by atoms with Crippen molar-refractivity contribution in [2.45, 2.75) is 133 Å². The molecule has 7 heteroatoms. The van der Waals surface area contributed by atoms with Gasteiger partial charge >= 0.3 is 0 Å². The molecule has 10 aromatic carbocycles. The van der Waals surface area contributed by atoms with Crippen LogP contribution in [0.5, 0.6) is 17.2 Å². The van der Waals surface area contributed by atoms with Crippen LogP contribution < -0.4 is 4.74 Å². The molecule has 0 fully saturated rings. The molecule has 3 N–H and O–H groups in total. The van der Waals surface area contributed by atoms with Gasteiger partial charge in [0.25, 0.3) is 0 Å². The Morgan fingerprint density at radius 3 is 1.33 bits per heavy atom. The largest absolute Gasteiger partial charge is 0.507 e. The summed E-state index contributed by atoms with van der Waals surface area (Å²) >= 11 is 0. The minimum Gasteiger partial charge on any atom is -0.507 e. The summed E-state index contributed by atoms with van der Waals surface area (Å²) in [7, 11) is 0. The number of aliphatic hydroxyl groups excluding tert-OH is 1. The Hall–Kier alpha value is -6.67. The van der Waals surface area contributed by atoms with Crippen LogP contribution in [0.4, 0.5) is 8.78 Å². The number of ether oxygens (including phenoxy) is 1. The number of phenolic OH excluding ortho intramolecular Hbond substituents is 2. The van der Waals surface area contributed by atoms with Gasteiger partial charge in [-0.1, -0.05) is 172 Å². The Morgan fingerprint density at radius 2 is 0.866 bits per heavy atom. The zero-order valence-corrected chi connectivity index (χ0v) is 52.0. The van der Waals surface area contributed by atoms with E-state index in [4.69, 9.17) is 4.74 Å². The van der Waals surface area contributed by atoms with Crippen molar-refractivity contribution >= 4 is 43.1 Å². The first-order chi connectivity index (χ1) is 38.1. The molecule has 0 bridgehead atoms. The summed E-state index contributed by atoms with van der Waals surface area (Å²) in [6, 6.07) is 55.1. The average molecular weight is 1130 g/mol. The van der Waals surface area contributed by atoms with Crippen molar-refractivity contribution in [2.24, 2.45) is 16.2 Å². The molecule has 0 spiro atoms. The van der Waals surface area contributed by atoms with Crippen molar-refractivity contribution in [2.75, 3.05) is 0 Å². The smallest absolute Gasteiger partial charge is 0.131 e. The average Bonchev–Trinajstić information content (AvgIpc) is 3.30. The minimum absolute atomic E-state index is 0. The van der Waals surface area contributed by atoms with Gasteiger partial charge in [-0.2, -0.15) is 0 Å². The summed E-state index contributed by atoms with van der Waals surface area (Å²) < 4.78 is 35.7. The molecule has 0 aliphatic carbocycles. The molecule has 0 aliphatic rings. The van der Waals surface area contributed by atoms with Crippen molar-refractivity contribution in [3.8, 4) is 61.8 Å². The van der Waals surface area contributed by atoms with Crippen molar-refractivity contribution in [3.05, 3.63) is 198 Å². The second-order valence-electron chi connectivity index (χ2n) is 26.7. The number of phenols is 2. The van der Waals surface area contributed by atoms with E-state index >= 15 is 0 Å². The Bertz CT molecular complexity index is 3840. The molecular weight excluding hydrogens is 1050 g/mol. The van der Waals surface area contributed by atoms with Crippen LogP contribution in [0.1, 0.15) is 119 Å². The Balaban J connectivity index is 0.000000214. The molecular formula is C75H80F2O4Sc. The maximum absolute atomic E-state index is 14.9. The second-order valence-corrected chi connectivity index (χ2v) is 26.7. The third-order valence-electron chi connectivity index (χ3n) is 15.5. The Morgan fingerprint density at radius 1 is 0.463 bits per heavy atom. The summed E-state index contributed by atoms with van der Waals surface area (Å²) in [5, 5.41) is 42.8. The maximum Gasteiger partial charge on any atom is 0.131 e. The van der Waals surface area contributed by atoms with Gasteiger partial charge < -0.3 is 20.1 Å². The molecule has 2 atom stereocenters. The van der Waals surface area contributed by atoms with Gasteiger partial charge in [0.15, 0.2) is 0 Å². The summed E-state index contributed by atoms with van der Waals surface area (Å²) in [6.07, 6.45) is 2.38. The number of aryl methyl sites for hydroxylation is 1. The van der Waals surface area contributed by atoms with Crippen LogP contribution in [0.2, 0.25) is 0 Å². The van der Waals surface area contributed by atoms with E-state index in [2.05, 4.69) is 148 Å². The van der Waals surface area contributed by atoms with Gasteiger partial charge in [0.1, 0.15) is 28.9 Å². The first kappa shape index (κ1) is 61.4.